The topological polar surface area (TPSA) is 70.9 Å². The molecule has 0 spiro atoms. The van der Waals surface area contributed by atoms with Gasteiger partial charge in [-0.05, 0) is 31.9 Å². The number of sulfonamides is 1. The largest absolute Gasteiger partial charge is 0.348 e. The molecule has 2 N–H and O–H groups in total. The van der Waals surface area contributed by atoms with E-state index in [0.29, 0.717) is 36.6 Å². The van der Waals surface area contributed by atoms with Crippen molar-refractivity contribution in [1.29, 1.82) is 0 Å². The van der Waals surface area contributed by atoms with Gasteiger partial charge in [0.25, 0.3) is 15.9 Å². The maximum Gasteiger partial charge on any atom is 0.278 e. The summed E-state index contributed by atoms with van der Waals surface area (Å²) in [6.07, 6.45) is 4.53. The van der Waals surface area contributed by atoms with E-state index in [-0.39, 0.29) is 16.2 Å². The zero-order valence-electron chi connectivity index (χ0n) is 14.3. The van der Waals surface area contributed by atoms with E-state index in [4.69, 9.17) is 11.6 Å². The van der Waals surface area contributed by atoms with Gasteiger partial charge in [-0.25, -0.2) is 8.42 Å². The number of hydrogen-bond donors (Lipinski definition) is 2. The van der Waals surface area contributed by atoms with Gasteiger partial charge in [-0.2, -0.15) is 4.31 Å². The first-order valence-electron chi connectivity index (χ1n) is 8.78. The minimum absolute atomic E-state index is 0.0863. The monoisotopic (exact) mass is 406 g/mol. The molecule has 9 heteroatoms. The van der Waals surface area contributed by atoms with Crippen molar-refractivity contribution < 1.29 is 18.1 Å². The molecule has 0 radical (unpaired) electrons. The van der Waals surface area contributed by atoms with Crippen LogP contribution in [0.25, 0.3) is 0 Å². The summed E-state index contributed by atoms with van der Waals surface area (Å²) < 4.78 is 27.5. The maximum atomic E-state index is 12.6. The molecule has 1 saturated heterocycles. The molecule has 6 nitrogen and oxygen atoms in total. The first-order chi connectivity index (χ1) is 11.9. The van der Waals surface area contributed by atoms with Crippen molar-refractivity contribution in [3.63, 3.8) is 0 Å². The first-order valence-corrected chi connectivity index (χ1v) is 11.4. The minimum atomic E-state index is -3.48. The highest BCUT2D eigenvalue weighted by molar-refractivity contribution is 7.91. The third kappa shape index (κ3) is 4.36. The average Bonchev–Trinajstić information content (AvgIpc) is 3.26. The summed E-state index contributed by atoms with van der Waals surface area (Å²) in [6, 6.07) is 3.33. The number of hydrogen-bond acceptors (Lipinski definition) is 4. The number of carbonyl (C=O) groups is 1. The summed E-state index contributed by atoms with van der Waals surface area (Å²) in [7, 11) is -3.48. The SMILES string of the molecule is C[C@@H](C(=O)NC1CCCC1)[NH+]1CCN(S(=O)(=O)c2ccc(Cl)s2)CC1. The molecule has 1 atom stereocenters. The lowest BCUT2D eigenvalue weighted by atomic mass is 10.2. The molecule has 25 heavy (non-hydrogen) atoms. The Morgan fingerprint density at radius 1 is 1.32 bits per heavy atom. The van der Waals surface area contributed by atoms with Crippen LogP contribution in [-0.4, -0.2) is 56.9 Å². The number of halogens is 1. The van der Waals surface area contributed by atoms with Gasteiger partial charge in [0.05, 0.1) is 30.5 Å². The normalized spacial score (nSPS) is 22.2. The Kier molecular flexibility index (Phi) is 6.05. The van der Waals surface area contributed by atoms with Crippen molar-refractivity contribution in [2.45, 2.75) is 48.9 Å². The maximum absolute atomic E-state index is 12.6. The van der Waals surface area contributed by atoms with Gasteiger partial charge in [0, 0.05) is 6.04 Å². The highest BCUT2D eigenvalue weighted by Crippen LogP contribution is 2.28. The number of amides is 1. The minimum Gasteiger partial charge on any atom is -0.348 e. The van der Waals surface area contributed by atoms with Crippen molar-refractivity contribution in [2.75, 3.05) is 26.2 Å². The van der Waals surface area contributed by atoms with Gasteiger partial charge in [-0.1, -0.05) is 24.4 Å². The number of piperazine rings is 1. The number of nitrogens with zero attached hydrogens (tertiary/aromatic N) is 1. The third-order valence-corrected chi connectivity index (χ3v) is 8.81. The van der Waals surface area contributed by atoms with E-state index >= 15 is 0 Å². The summed E-state index contributed by atoms with van der Waals surface area (Å²) in [6.45, 7) is 4.06. The van der Waals surface area contributed by atoms with Crippen LogP contribution in [0.5, 0.6) is 0 Å². The molecule has 2 aliphatic rings. The molecule has 2 heterocycles. The lowest BCUT2D eigenvalue weighted by Gasteiger charge is -2.34. The van der Waals surface area contributed by atoms with Crippen LogP contribution in [0.2, 0.25) is 4.34 Å². The summed E-state index contributed by atoms with van der Waals surface area (Å²) >= 11 is 6.94. The van der Waals surface area contributed by atoms with Crippen LogP contribution in [0, 0.1) is 0 Å². The van der Waals surface area contributed by atoms with Gasteiger partial charge in [0.2, 0.25) is 0 Å². The van der Waals surface area contributed by atoms with Crippen LogP contribution in [0.15, 0.2) is 16.3 Å². The Morgan fingerprint density at radius 2 is 1.96 bits per heavy atom. The lowest BCUT2D eigenvalue weighted by Crippen LogP contribution is -3.19. The summed E-state index contributed by atoms with van der Waals surface area (Å²) in [5.74, 6) is 0.0863. The van der Waals surface area contributed by atoms with Crippen LogP contribution in [0.1, 0.15) is 32.6 Å². The number of carbonyl (C=O) groups excluding carboxylic acids is 1. The molecule has 0 bridgehead atoms. The highest BCUT2D eigenvalue weighted by atomic mass is 35.5. The number of thiophene rings is 1. The van der Waals surface area contributed by atoms with E-state index in [0.717, 1.165) is 29.1 Å². The second-order valence-corrected chi connectivity index (χ2v) is 10.7. The Balaban J connectivity index is 1.55. The van der Waals surface area contributed by atoms with E-state index in [1.165, 1.54) is 17.1 Å². The predicted molar refractivity (Wildman–Crippen MR) is 98.6 cm³/mol. The van der Waals surface area contributed by atoms with Gasteiger partial charge in [-0.3, -0.25) is 4.79 Å². The molecule has 3 rings (SSSR count). The fourth-order valence-electron chi connectivity index (χ4n) is 3.59. The molecule has 1 aromatic heterocycles. The van der Waals surface area contributed by atoms with Crippen molar-refractivity contribution in [1.82, 2.24) is 9.62 Å². The molecule has 1 saturated carbocycles. The van der Waals surface area contributed by atoms with Gasteiger partial charge in [0.15, 0.2) is 6.04 Å². The molecule has 2 fully saturated rings. The summed E-state index contributed by atoms with van der Waals surface area (Å²) in [4.78, 5) is 13.6. The zero-order valence-corrected chi connectivity index (χ0v) is 16.7. The molecule has 0 unspecified atom stereocenters. The summed E-state index contributed by atoms with van der Waals surface area (Å²) in [5, 5.41) is 3.14. The van der Waals surface area contributed by atoms with Gasteiger partial charge in [0.1, 0.15) is 4.21 Å². The fraction of sp³-hybridized carbons (Fsp3) is 0.688. The van der Waals surface area contributed by atoms with Crippen LogP contribution in [-0.2, 0) is 14.8 Å². The highest BCUT2D eigenvalue weighted by Gasteiger charge is 2.35. The predicted octanol–water partition coefficient (Wildman–Crippen LogP) is 0.738. The molecule has 1 amide bonds. The Bertz CT molecular complexity index is 708. The fourth-order valence-corrected chi connectivity index (χ4v) is 6.67. The number of nitrogens with one attached hydrogen (secondary N) is 2. The smallest absolute Gasteiger partial charge is 0.278 e. The van der Waals surface area contributed by atoms with Gasteiger partial charge >= 0.3 is 0 Å². The van der Waals surface area contributed by atoms with E-state index in [9.17, 15) is 13.2 Å². The third-order valence-electron chi connectivity index (χ3n) is 5.21. The number of rotatable bonds is 5. The molecule has 1 aliphatic heterocycles. The second-order valence-electron chi connectivity index (χ2n) is 6.83. The average molecular weight is 407 g/mol. The second kappa shape index (κ2) is 7.92. The van der Waals surface area contributed by atoms with Crippen molar-refractivity contribution in [3.05, 3.63) is 16.5 Å². The Labute approximate surface area is 158 Å². The molecular weight excluding hydrogens is 382 g/mol. The first kappa shape index (κ1) is 19.1. The quantitative estimate of drug-likeness (QED) is 0.757. The van der Waals surface area contributed by atoms with E-state index in [1.54, 1.807) is 12.1 Å². The Morgan fingerprint density at radius 3 is 2.52 bits per heavy atom. The standard InChI is InChI=1S/C16H24ClN3O3S2/c1-12(16(21)18-13-4-2-3-5-13)19-8-10-20(11-9-19)25(22,23)15-7-6-14(17)24-15/h6-7,12-13H,2-5,8-11H2,1H3,(H,18,21)/p+1/t12-/m0/s1. The number of quaternary nitrogens is 1. The van der Waals surface area contributed by atoms with E-state index in [2.05, 4.69) is 5.32 Å². The van der Waals surface area contributed by atoms with E-state index in [1.807, 2.05) is 6.92 Å². The van der Waals surface area contributed by atoms with E-state index < -0.39 is 10.0 Å². The molecular formula is C16H25ClN3O3S2+. The van der Waals surface area contributed by atoms with Crippen LogP contribution in [0.4, 0.5) is 0 Å². The zero-order chi connectivity index (χ0) is 18.0. The molecule has 1 aliphatic carbocycles. The molecule has 1 aromatic rings. The van der Waals surface area contributed by atoms with Crippen molar-refractivity contribution in [2.24, 2.45) is 0 Å². The van der Waals surface area contributed by atoms with Gasteiger partial charge < -0.3 is 10.2 Å². The van der Waals surface area contributed by atoms with Crippen molar-refractivity contribution in [3.8, 4) is 0 Å². The summed E-state index contributed by atoms with van der Waals surface area (Å²) in [5.41, 5.74) is 0. The molecule has 0 aromatic carbocycles. The van der Waals surface area contributed by atoms with Crippen molar-refractivity contribution >= 4 is 38.9 Å². The van der Waals surface area contributed by atoms with Gasteiger partial charge in [-0.15, -0.1) is 11.3 Å². The van der Waals surface area contributed by atoms with Crippen LogP contribution >= 0.6 is 22.9 Å². The van der Waals surface area contributed by atoms with Crippen LogP contribution in [0.3, 0.4) is 0 Å². The van der Waals surface area contributed by atoms with Crippen LogP contribution < -0.4 is 10.2 Å². The lowest BCUT2D eigenvalue weighted by molar-refractivity contribution is -0.917. The molecule has 140 valence electrons. The Hall–Kier alpha value is -0.670.